The molecule has 7 heteroatoms. The molecule has 3 aromatic rings. The van der Waals surface area contributed by atoms with E-state index in [2.05, 4.69) is 15.2 Å². The van der Waals surface area contributed by atoms with E-state index >= 15 is 0 Å². The van der Waals surface area contributed by atoms with Gasteiger partial charge in [0.2, 0.25) is 0 Å². The van der Waals surface area contributed by atoms with Gasteiger partial charge >= 0.3 is 0 Å². The van der Waals surface area contributed by atoms with Gasteiger partial charge < -0.3 is 9.47 Å². The van der Waals surface area contributed by atoms with Crippen LogP contribution in [0.25, 0.3) is 5.65 Å². The summed E-state index contributed by atoms with van der Waals surface area (Å²) >= 11 is 0. The Morgan fingerprint density at radius 1 is 1.04 bits per heavy atom. The fourth-order valence-corrected chi connectivity index (χ4v) is 2.58. The van der Waals surface area contributed by atoms with E-state index < -0.39 is 0 Å². The van der Waals surface area contributed by atoms with Crippen LogP contribution >= 0.6 is 0 Å². The molecule has 0 spiro atoms. The van der Waals surface area contributed by atoms with Crippen LogP contribution in [0.15, 0.2) is 46.8 Å². The Labute approximate surface area is 151 Å². The van der Waals surface area contributed by atoms with Crippen molar-refractivity contribution >= 4 is 17.2 Å². The topological polar surface area (TPSA) is 60.5 Å². The number of aromatic nitrogens is 2. The van der Waals surface area contributed by atoms with Gasteiger partial charge in [0.1, 0.15) is 28.7 Å². The first kappa shape index (κ1) is 17.8. The summed E-state index contributed by atoms with van der Waals surface area (Å²) in [6.07, 6.45) is 1.36. The van der Waals surface area contributed by atoms with Crippen molar-refractivity contribution < 1.29 is 13.9 Å². The molecule has 0 radical (unpaired) electrons. The van der Waals surface area contributed by atoms with Crippen LogP contribution in [-0.2, 0) is 5.41 Å². The summed E-state index contributed by atoms with van der Waals surface area (Å²) in [6, 6.07) is 8.26. The lowest BCUT2D eigenvalue weighted by molar-refractivity contribution is 0.404. The maximum atomic E-state index is 13.7. The fourth-order valence-electron chi connectivity index (χ4n) is 2.58. The highest BCUT2D eigenvalue weighted by Gasteiger charge is 2.24. The van der Waals surface area contributed by atoms with Gasteiger partial charge in [0.05, 0.1) is 19.9 Å². The van der Waals surface area contributed by atoms with E-state index in [1.807, 2.05) is 20.8 Å². The lowest BCUT2D eigenvalue weighted by Crippen LogP contribution is -2.11. The first-order chi connectivity index (χ1) is 12.3. The van der Waals surface area contributed by atoms with Gasteiger partial charge in [-0.15, -0.1) is 10.2 Å². The first-order valence-electron chi connectivity index (χ1n) is 8.15. The van der Waals surface area contributed by atoms with Crippen LogP contribution in [0.2, 0.25) is 0 Å². The maximum Gasteiger partial charge on any atom is 0.183 e. The average molecular weight is 356 g/mol. The van der Waals surface area contributed by atoms with E-state index in [1.165, 1.54) is 12.3 Å². The van der Waals surface area contributed by atoms with Crippen molar-refractivity contribution in [2.75, 3.05) is 14.2 Å². The van der Waals surface area contributed by atoms with Crippen molar-refractivity contribution in [1.29, 1.82) is 0 Å². The Bertz CT molecular complexity index is 974. The lowest BCUT2D eigenvalue weighted by atomic mass is 9.92. The number of nitrogens with zero attached hydrogens (tertiary/aromatic N) is 4. The molecule has 0 saturated carbocycles. The van der Waals surface area contributed by atoms with Gasteiger partial charge in [-0.2, -0.15) is 0 Å². The van der Waals surface area contributed by atoms with Gasteiger partial charge in [-0.1, -0.05) is 20.8 Å². The number of rotatable bonds is 4. The molecular formula is C19H21FN4O2. The zero-order valence-corrected chi connectivity index (χ0v) is 15.4. The molecule has 2 heterocycles. The van der Waals surface area contributed by atoms with Crippen LogP contribution in [0.4, 0.5) is 15.9 Å². The second-order valence-corrected chi connectivity index (χ2v) is 6.85. The van der Waals surface area contributed by atoms with Crippen LogP contribution in [0.3, 0.4) is 0 Å². The van der Waals surface area contributed by atoms with Gasteiger partial charge in [-0.05, 0) is 24.3 Å². The highest BCUT2D eigenvalue weighted by atomic mass is 19.1. The predicted octanol–water partition coefficient (Wildman–Crippen LogP) is 5.20. The Kier molecular flexibility index (Phi) is 4.63. The molecule has 136 valence electrons. The molecule has 0 unspecified atom stereocenters. The van der Waals surface area contributed by atoms with E-state index in [9.17, 15) is 4.39 Å². The van der Waals surface area contributed by atoms with Crippen molar-refractivity contribution in [3.63, 3.8) is 0 Å². The van der Waals surface area contributed by atoms with Crippen molar-refractivity contribution in [3.05, 3.63) is 48.0 Å². The third kappa shape index (κ3) is 3.37. The summed E-state index contributed by atoms with van der Waals surface area (Å²) in [5, 5.41) is 8.70. The van der Waals surface area contributed by atoms with E-state index in [0.29, 0.717) is 28.7 Å². The smallest absolute Gasteiger partial charge is 0.183 e. The minimum atomic E-state index is -0.370. The molecule has 26 heavy (non-hydrogen) atoms. The second kappa shape index (κ2) is 6.74. The Morgan fingerprint density at radius 3 is 2.46 bits per heavy atom. The van der Waals surface area contributed by atoms with Crippen LogP contribution in [-0.4, -0.2) is 23.6 Å². The number of hydrogen-bond acceptors (Lipinski definition) is 5. The number of azo groups is 1. The molecule has 0 N–H and O–H groups in total. The fraction of sp³-hybridized carbons (Fsp3) is 0.316. The lowest BCUT2D eigenvalue weighted by Gasteiger charge is -2.15. The molecule has 1 aromatic carbocycles. The van der Waals surface area contributed by atoms with Gasteiger partial charge in [0, 0.05) is 17.7 Å². The molecule has 0 fully saturated rings. The van der Waals surface area contributed by atoms with E-state index in [0.717, 1.165) is 5.69 Å². The Morgan fingerprint density at radius 2 is 1.81 bits per heavy atom. The number of pyridine rings is 1. The summed E-state index contributed by atoms with van der Waals surface area (Å²) in [4.78, 5) is 4.60. The summed E-state index contributed by atoms with van der Waals surface area (Å²) in [5.74, 6) is 1.31. The SMILES string of the molecule is COc1ccc(OC)c(N=Nc2c(C(C)(C)C)nc3ccc(F)cn23)c1. The average Bonchev–Trinajstić information content (AvgIpc) is 2.97. The molecule has 0 saturated heterocycles. The van der Waals surface area contributed by atoms with Crippen LogP contribution < -0.4 is 9.47 Å². The zero-order valence-electron chi connectivity index (χ0n) is 15.4. The van der Waals surface area contributed by atoms with Crippen molar-refractivity contribution in [2.24, 2.45) is 10.2 Å². The Hall–Kier alpha value is -2.96. The molecule has 0 aliphatic rings. The standard InChI is InChI=1S/C19H21FN4O2/c1-19(2,3)17-18(24-11-12(20)6-9-16(24)21-17)23-22-14-10-13(25-4)7-8-15(14)26-5/h6-11H,1-5H3. The highest BCUT2D eigenvalue weighted by molar-refractivity contribution is 5.57. The maximum absolute atomic E-state index is 13.7. The number of benzene rings is 1. The number of ether oxygens (including phenoxy) is 2. The summed E-state index contributed by atoms with van der Waals surface area (Å²) < 4.78 is 25.9. The minimum absolute atomic E-state index is 0.282. The Balaban J connectivity index is 2.16. The molecular weight excluding hydrogens is 335 g/mol. The number of halogens is 1. The van der Waals surface area contributed by atoms with E-state index in [1.54, 1.807) is 42.9 Å². The first-order valence-corrected chi connectivity index (χ1v) is 8.15. The van der Waals surface area contributed by atoms with Crippen molar-refractivity contribution in [2.45, 2.75) is 26.2 Å². The van der Waals surface area contributed by atoms with Gasteiger partial charge in [0.15, 0.2) is 5.82 Å². The highest BCUT2D eigenvalue weighted by Crippen LogP contribution is 2.36. The second-order valence-electron chi connectivity index (χ2n) is 6.85. The van der Waals surface area contributed by atoms with Gasteiger partial charge in [-0.3, -0.25) is 4.40 Å². The number of imidazole rings is 1. The quantitative estimate of drug-likeness (QED) is 0.603. The molecule has 0 aliphatic heterocycles. The number of fused-ring (bicyclic) bond motifs is 1. The molecule has 0 atom stereocenters. The largest absolute Gasteiger partial charge is 0.497 e. The van der Waals surface area contributed by atoms with Crippen LogP contribution in [0.1, 0.15) is 26.5 Å². The molecule has 6 nitrogen and oxygen atoms in total. The normalized spacial score (nSPS) is 12.1. The van der Waals surface area contributed by atoms with Gasteiger partial charge in [0.25, 0.3) is 0 Å². The molecule has 2 aromatic heterocycles. The van der Waals surface area contributed by atoms with Crippen molar-refractivity contribution in [1.82, 2.24) is 9.38 Å². The molecule has 3 rings (SSSR count). The molecule has 0 bridgehead atoms. The summed E-state index contributed by atoms with van der Waals surface area (Å²) in [7, 11) is 3.14. The molecule has 0 amide bonds. The zero-order chi connectivity index (χ0) is 18.9. The minimum Gasteiger partial charge on any atom is -0.497 e. The van der Waals surface area contributed by atoms with Crippen molar-refractivity contribution in [3.8, 4) is 11.5 Å². The summed E-state index contributed by atoms with van der Waals surface area (Å²) in [5.41, 5.74) is 1.57. The third-order valence-corrected chi connectivity index (χ3v) is 3.91. The van der Waals surface area contributed by atoms with E-state index in [-0.39, 0.29) is 11.2 Å². The monoisotopic (exact) mass is 356 g/mol. The van der Waals surface area contributed by atoms with E-state index in [4.69, 9.17) is 9.47 Å². The number of methoxy groups -OCH3 is 2. The van der Waals surface area contributed by atoms with Crippen LogP contribution in [0.5, 0.6) is 11.5 Å². The van der Waals surface area contributed by atoms with Gasteiger partial charge in [-0.25, -0.2) is 9.37 Å². The third-order valence-electron chi connectivity index (χ3n) is 3.91. The van der Waals surface area contributed by atoms with Crippen LogP contribution in [0, 0.1) is 5.82 Å². The number of hydrogen-bond donors (Lipinski definition) is 0. The predicted molar refractivity (Wildman–Crippen MR) is 97.6 cm³/mol. The summed E-state index contributed by atoms with van der Waals surface area (Å²) in [6.45, 7) is 6.07. The molecule has 0 aliphatic carbocycles.